The lowest BCUT2D eigenvalue weighted by atomic mass is 9.78. The summed E-state index contributed by atoms with van der Waals surface area (Å²) >= 11 is 0. The van der Waals surface area contributed by atoms with Crippen LogP contribution in [0.5, 0.6) is 23.0 Å². The number of aliphatic imine (C=N–C) groups is 4. The zero-order valence-corrected chi connectivity index (χ0v) is 49.2. The largest absolute Gasteiger partial charge is 0.481 e. The Morgan fingerprint density at radius 1 is 0.337 bits per heavy atom. The standard InChI is InChI=1S/C45H42N2O4.C30H26N2O3/c1-5-48-43(33-13-9-7-10-14-33)46-37-21-29-41(30-22-37)50-39-25-17-35(18-26-39)45(3,4)36-19-27-40(28-20-36)51-42-31-23-38(24-32-42)47-44(49-6-2)34-15-11-8-12-16-34;1-34-29(24-9-5-3-6-10-24)31-26-17-13-22(14-18-26)21-28(33)23-15-19-27(20-16-23)32-30(35-2)25-11-7-4-8-12-25/h7-32H,5-6H2,1-4H3;3-20H,21H2,1-2H3. The predicted octanol–water partition coefficient (Wildman–Crippen LogP) is 18.4. The normalized spacial score (nSPS) is 11.8. The van der Waals surface area contributed by atoms with Gasteiger partial charge >= 0.3 is 0 Å². The molecule has 10 rings (SSSR count). The van der Waals surface area contributed by atoms with Crippen LogP contribution >= 0.6 is 0 Å². The van der Waals surface area contributed by atoms with E-state index < -0.39 is 0 Å². The molecule has 0 aliphatic carbocycles. The Bertz CT molecular complexity index is 3700. The predicted molar refractivity (Wildman–Crippen MR) is 347 cm³/mol. The molecule has 11 heteroatoms. The maximum absolute atomic E-state index is 12.8. The van der Waals surface area contributed by atoms with Crippen molar-refractivity contribution in [1.82, 2.24) is 0 Å². The van der Waals surface area contributed by atoms with Gasteiger partial charge in [-0.15, -0.1) is 0 Å². The summed E-state index contributed by atoms with van der Waals surface area (Å²) in [5.74, 6) is 5.29. The summed E-state index contributed by atoms with van der Waals surface area (Å²) in [6.45, 7) is 9.43. The number of Topliss-reactive ketones (excluding diaryl/α,β-unsaturated/α-hetero) is 1. The van der Waals surface area contributed by atoms with E-state index in [-0.39, 0.29) is 11.2 Å². The molecule has 0 bridgehead atoms. The smallest absolute Gasteiger partial charge is 0.221 e. The van der Waals surface area contributed by atoms with E-state index in [0.717, 1.165) is 73.6 Å². The second kappa shape index (κ2) is 30.1. The summed E-state index contributed by atoms with van der Waals surface area (Å²) in [6, 6.07) is 86.0. The highest BCUT2D eigenvalue weighted by atomic mass is 16.5. The van der Waals surface area contributed by atoms with Crippen LogP contribution in [0.25, 0.3) is 0 Å². The van der Waals surface area contributed by atoms with Gasteiger partial charge in [-0.25, -0.2) is 20.0 Å². The Morgan fingerprint density at radius 3 is 0.930 bits per heavy atom. The number of hydrogen-bond donors (Lipinski definition) is 0. The number of rotatable bonds is 19. The van der Waals surface area contributed by atoms with Gasteiger partial charge in [-0.05, 0) is 188 Å². The van der Waals surface area contributed by atoms with Gasteiger partial charge in [0.25, 0.3) is 0 Å². The fraction of sp³-hybridized carbons (Fsp3) is 0.133. The fourth-order valence-electron chi connectivity index (χ4n) is 9.07. The van der Waals surface area contributed by atoms with Crippen LogP contribution < -0.4 is 9.47 Å². The van der Waals surface area contributed by atoms with Crippen molar-refractivity contribution in [2.75, 3.05) is 27.4 Å². The Kier molecular flexibility index (Phi) is 21.0. The van der Waals surface area contributed by atoms with E-state index in [9.17, 15) is 4.79 Å². The van der Waals surface area contributed by atoms with Crippen LogP contribution in [0.1, 0.15) is 77.0 Å². The van der Waals surface area contributed by atoms with Gasteiger partial charge in [-0.1, -0.05) is 123 Å². The Balaban J connectivity index is 0.000000220. The van der Waals surface area contributed by atoms with Gasteiger partial charge in [0.1, 0.15) is 23.0 Å². The van der Waals surface area contributed by atoms with E-state index in [1.54, 1.807) is 26.4 Å². The molecule has 10 aromatic carbocycles. The van der Waals surface area contributed by atoms with Crippen LogP contribution in [0.2, 0.25) is 0 Å². The first-order chi connectivity index (χ1) is 42.1. The molecule has 0 aliphatic rings. The van der Waals surface area contributed by atoms with Crippen LogP contribution in [0, 0.1) is 0 Å². The van der Waals surface area contributed by atoms with Crippen molar-refractivity contribution < 1.29 is 33.2 Å². The fourth-order valence-corrected chi connectivity index (χ4v) is 9.07. The molecule has 0 spiro atoms. The van der Waals surface area contributed by atoms with Crippen LogP contribution in [0.3, 0.4) is 0 Å². The van der Waals surface area contributed by atoms with Crippen molar-refractivity contribution >= 4 is 52.1 Å². The van der Waals surface area contributed by atoms with Crippen LogP contribution in [0.15, 0.2) is 287 Å². The van der Waals surface area contributed by atoms with Gasteiger partial charge in [-0.3, -0.25) is 4.79 Å². The minimum absolute atomic E-state index is 0.0358. The molecule has 0 radical (unpaired) electrons. The molecule has 0 saturated carbocycles. The van der Waals surface area contributed by atoms with E-state index in [4.69, 9.17) is 38.4 Å². The first-order valence-electron chi connectivity index (χ1n) is 28.5. The molecule has 11 nitrogen and oxygen atoms in total. The minimum Gasteiger partial charge on any atom is -0.481 e. The van der Waals surface area contributed by atoms with Gasteiger partial charge in [-0.2, -0.15) is 0 Å². The third-order valence-corrected chi connectivity index (χ3v) is 13.7. The zero-order chi connectivity index (χ0) is 59.9. The van der Waals surface area contributed by atoms with Crippen LogP contribution in [0.4, 0.5) is 22.7 Å². The van der Waals surface area contributed by atoms with Crippen molar-refractivity contribution in [3.05, 3.63) is 311 Å². The van der Waals surface area contributed by atoms with Crippen LogP contribution in [-0.2, 0) is 30.8 Å². The van der Waals surface area contributed by atoms with Gasteiger partial charge in [0.15, 0.2) is 5.78 Å². The van der Waals surface area contributed by atoms with Gasteiger partial charge in [0.05, 0.1) is 50.2 Å². The van der Waals surface area contributed by atoms with Crippen molar-refractivity contribution in [2.24, 2.45) is 20.0 Å². The van der Waals surface area contributed by atoms with E-state index in [0.29, 0.717) is 48.8 Å². The SMILES string of the molecule is CCOC(=Nc1ccc(Oc2ccc(C(C)(C)c3ccc(Oc4ccc(N=C(OCC)c5ccccc5)cc4)cc3)cc2)cc1)c1ccccc1.COC(=Nc1ccc(CC(=O)c2ccc(N=C(OC)c3ccccc3)cc2)cc1)c1ccccc1. The summed E-state index contributed by atoms with van der Waals surface area (Å²) in [7, 11) is 3.20. The first kappa shape index (κ1) is 60.0. The van der Waals surface area contributed by atoms with E-state index >= 15 is 0 Å². The van der Waals surface area contributed by atoms with Gasteiger partial charge in [0.2, 0.25) is 23.6 Å². The Hall–Kier alpha value is -10.7. The average molecular weight is 1140 g/mol. The molecular weight excluding hydrogens is 1070 g/mol. The average Bonchev–Trinajstić information content (AvgIpc) is 3.39. The molecule has 0 aromatic heterocycles. The molecule has 10 aromatic rings. The van der Waals surface area contributed by atoms with E-state index in [1.165, 1.54) is 11.1 Å². The zero-order valence-electron chi connectivity index (χ0n) is 49.2. The van der Waals surface area contributed by atoms with Crippen molar-refractivity contribution in [3.8, 4) is 23.0 Å². The highest BCUT2D eigenvalue weighted by molar-refractivity contribution is 5.99. The summed E-state index contributed by atoms with van der Waals surface area (Å²) in [6.07, 6.45) is 0.301. The number of nitrogens with zero attached hydrogens (tertiary/aromatic N) is 4. The molecule has 0 aliphatic heterocycles. The van der Waals surface area contributed by atoms with Gasteiger partial charge < -0.3 is 28.4 Å². The molecule has 86 heavy (non-hydrogen) atoms. The Morgan fingerprint density at radius 2 is 0.616 bits per heavy atom. The maximum Gasteiger partial charge on any atom is 0.221 e. The molecule has 0 heterocycles. The van der Waals surface area contributed by atoms with Gasteiger partial charge in [0, 0.05) is 39.7 Å². The lowest BCUT2D eigenvalue weighted by Gasteiger charge is -2.26. The molecule has 0 unspecified atom stereocenters. The van der Waals surface area contributed by atoms with E-state index in [1.807, 2.05) is 244 Å². The number of carbonyl (C=O) groups excluding carboxylic acids is 1. The molecule has 0 atom stereocenters. The summed E-state index contributed by atoms with van der Waals surface area (Å²) in [5, 5.41) is 0. The quantitative estimate of drug-likeness (QED) is 0.0449. The summed E-state index contributed by atoms with van der Waals surface area (Å²) in [5.41, 5.74) is 10.4. The number of ketones is 1. The van der Waals surface area contributed by atoms with E-state index in [2.05, 4.69) is 48.1 Å². The van der Waals surface area contributed by atoms with Crippen molar-refractivity contribution in [2.45, 2.75) is 39.5 Å². The van der Waals surface area contributed by atoms with Crippen molar-refractivity contribution in [1.29, 1.82) is 0 Å². The molecule has 0 fully saturated rings. The highest BCUT2D eigenvalue weighted by Gasteiger charge is 2.23. The lowest BCUT2D eigenvalue weighted by molar-refractivity contribution is 0.0993. The summed E-state index contributed by atoms with van der Waals surface area (Å²) in [4.78, 5) is 31.4. The number of carbonyl (C=O) groups is 1. The molecule has 0 saturated heterocycles. The molecule has 430 valence electrons. The number of hydrogen-bond acceptors (Lipinski definition) is 11. The molecule has 0 amide bonds. The summed E-state index contributed by atoms with van der Waals surface area (Å²) < 4.78 is 34.8. The number of benzene rings is 10. The molecule has 0 N–H and O–H groups in total. The number of ether oxygens (including phenoxy) is 6. The third-order valence-electron chi connectivity index (χ3n) is 13.7. The third kappa shape index (κ3) is 16.8. The second-order valence-corrected chi connectivity index (χ2v) is 20.1. The lowest BCUT2D eigenvalue weighted by Crippen LogP contribution is -2.18. The second-order valence-electron chi connectivity index (χ2n) is 20.1. The van der Waals surface area contributed by atoms with Crippen LogP contribution in [-0.4, -0.2) is 56.8 Å². The highest BCUT2D eigenvalue weighted by Crippen LogP contribution is 2.35. The monoisotopic (exact) mass is 1140 g/mol. The Labute approximate surface area is 504 Å². The maximum atomic E-state index is 12.8. The molecular formula is C75H68N4O7. The topological polar surface area (TPSA) is 122 Å². The first-order valence-corrected chi connectivity index (χ1v) is 28.5. The minimum atomic E-state index is -0.232. The van der Waals surface area contributed by atoms with Crippen molar-refractivity contribution in [3.63, 3.8) is 0 Å². The number of methoxy groups -OCH3 is 2.